The summed E-state index contributed by atoms with van der Waals surface area (Å²) < 4.78 is 5.21. The second-order valence-electron chi connectivity index (χ2n) is 2.50. The molecule has 2 aromatic rings. The SMILES string of the molecule is Cc1occ2cccc(Cl)c12. The highest BCUT2D eigenvalue weighted by Crippen LogP contribution is 2.27. The number of hydrogen-bond acceptors (Lipinski definition) is 1. The number of fused-ring (bicyclic) bond motifs is 1. The van der Waals surface area contributed by atoms with Crippen molar-refractivity contribution in [2.24, 2.45) is 0 Å². The van der Waals surface area contributed by atoms with Gasteiger partial charge in [-0.1, -0.05) is 23.7 Å². The van der Waals surface area contributed by atoms with Gasteiger partial charge in [0.25, 0.3) is 0 Å². The van der Waals surface area contributed by atoms with E-state index < -0.39 is 0 Å². The van der Waals surface area contributed by atoms with Crippen molar-refractivity contribution in [2.75, 3.05) is 0 Å². The van der Waals surface area contributed by atoms with Crippen molar-refractivity contribution >= 4 is 22.4 Å². The van der Waals surface area contributed by atoms with Crippen LogP contribution in [0.15, 0.2) is 28.9 Å². The standard InChI is InChI=1S/C9H7ClO/c1-6-9-7(5-11-6)3-2-4-8(9)10/h2-5H,1H3. The highest BCUT2D eigenvalue weighted by Gasteiger charge is 2.03. The van der Waals surface area contributed by atoms with Crippen LogP contribution in [0.4, 0.5) is 0 Å². The second-order valence-corrected chi connectivity index (χ2v) is 2.90. The largest absolute Gasteiger partial charge is 0.468 e. The summed E-state index contributed by atoms with van der Waals surface area (Å²) in [6.07, 6.45) is 1.72. The van der Waals surface area contributed by atoms with Gasteiger partial charge in [-0.2, -0.15) is 0 Å². The maximum absolute atomic E-state index is 5.94. The van der Waals surface area contributed by atoms with Crippen molar-refractivity contribution in [3.05, 3.63) is 35.2 Å². The van der Waals surface area contributed by atoms with Gasteiger partial charge in [0.15, 0.2) is 0 Å². The van der Waals surface area contributed by atoms with E-state index in [2.05, 4.69) is 0 Å². The van der Waals surface area contributed by atoms with E-state index in [0.717, 1.165) is 21.6 Å². The topological polar surface area (TPSA) is 13.1 Å². The molecule has 2 rings (SSSR count). The monoisotopic (exact) mass is 166 g/mol. The van der Waals surface area contributed by atoms with Gasteiger partial charge < -0.3 is 4.42 Å². The fraction of sp³-hybridized carbons (Fsp3) is 0.111. The van der Waals surface area contributed by atoms with E-state index in [9.17, 15) is 0 Å². The van der Waals surface area contributed by atoms with Gasteiger partial charge in [0.05, 0.1) is 11.3 Å². The predicted molar refractivity (Wildman–Crippen MR) is 46.0 cm³/mol. The summed E-state index contributed by atoms with van der Waals surface area (Å²) in [6.45, 7) is 1.91. The lowest BCUT2D eigenvalue weighted by molar-refractivity contribution is 0.540. The van der Waals surface area contributed by atoms with Gasteiger partial charge in [0.2, 0.25) is 0 Å². The van der Waals surface area contributed by atoms with Crippen molar-refractivity contribution < 1.29 is 4.42 Å². The van der Waals surface area contributed by atoms with Gasteiger partial charge in [-0.3, -0.25) is 0 Å². The summed E-state index contributed by atoms with van der Waals surface area (Å²) >= 11 is 5.94. The Labute approximate surface area is 69.6 Å². The van der Waals surface area contributed by atoms with E-state index in [0.29, 0.717) is 0 Å². The third-order valence-corrected chi connectivity index (χ3v) is 2.08. The van der Waals surface area contributed by atoms with Crippen LogP contribution in [0.5, 0.6) is 0 Å². The zero-order chi connectivity index (χ0) is 7.84. The fourth-order valence-corrected chi connectivity index (χ4v) is 1.54. The van der Waals surface area contributed by atoms with Crippen LogP contribution < -0.4 is 0 Å². The smallest absolute Gasteiger partial charge is 0.110 e. The highest BCUT2D eigenvalue weighted by molar-refractivity contribution is 6.35. The lowest BCUT2D eigenvalue weighted by atomic mass is 10.2. The number of hydrogen-bond donors (Lipinski definition) is 0. The van der Waals surface area contributed by atoms with Gasteiger partial charge in [-0.15, -0.1) is 0 Å². The van der Waals surface area contributed by atoms with Crippen molar-refractivity contribution in [2.45, 2.75) is 6.92 Å². The van der Waals surface area contributed by atoms with E-state index >= 15 is 0 Å². The average Bonchev–Trinajstić information content (AvgIpc) is 2.34. The molecule has 1 aromatic heterocycles. The third kappa shape index (κ3) is 0.925. The van der Waals surface area contributed by atoms with Gasteiger partial charge in [-0.25, -0.2) is 0 Å². The molecule has 0 fully saturated rings. The lowest BCUT2D eigenvalue weighted by Crippen LogP contribution is -1.68. The molecule has 0 atom stereocenters. The molecule has 1 heterocycles. The number of aryl methyl sites for hydroxylation is 1. The molecule has 0 saturated heterocycles. The minimum atomic E-state index is 0.758. The Kier molecular flexibility index (Phi) is 1.40. The Hall–Kier alpha value is -0.950. The van der Waals surface area contributed by atoms with Crippen LogP contribution >= 0.6 is 11.6 Å². The summed E-state index contributed by atoms with van der Waals surface area (Å²) in [5, 5.41) is 2.85. The first kappa shape index (κ1) is 6.74. The van der Waals surface area contributed by atoms with Crippen molar-refractivity contribution in [1.29, 1.82) is 0 Å². The van der Waals surface area contributed by atoms with E-state index in [4.69, 9.17) is 16.0 Å². The molecule has 0 unspecified atom stereocenters. The van der Waals surface area contributed by atoms with Crippen LogP contribution in [0, 0.1) is 6.92 Å². The molecular weight excluding hydrogens is 160 g/mol. The van der Waals surface area contributed by atoms with E-state index in [1.807, 2.05) is 25.1 Å². The molecule has 11 heavy (non-hydrogen) atoms. The highest BCUT2D eigenvalue weighted by atomic mass is 35.5. The van der Waals surface area contributed by atoms with E-state index in [1.165, 1.54) is 0 Å². The Morgan fingerprint density at radius 2 is 2.18 bits per heavy atom. The molecule has 0 aliphatic rings. The molecule has 2 heteroatoms. The molecule has 0 aliphatic carbocycles. The molecule has 0 spiro atoms. The zero-order valence-corrected chi connectivity index (χ0v) is 6.85. The molecule has 0 bridgehead atoms. The van der Waals surface area contributed by atoms with Crippen LogP contribution in [0.1, 0.15) is 5.76 Å². The summed E-state index contributed by atoms with van der Waals surface area (Å²) in [5.41, 5.74) is 0. The second kappa shape index (κ2) is 2.28. The fourth-order valence-electron chi connectivity index (χ4n) is 1.22. The molecule has 0 radical (unpaired) electrons. The summed E-state index contributed by atoms with van der Waals surface area (Å²) in [7, 11) is 0. The first-order valence-electron chi connectivity index (χ1n) is 3.41. The molecule has 1 nitrogen and oxygen atoms in total. The lowest BCUT2D eigenvalue weighted by Gasteiger charge is -1.91. The van der Waals surface area contributed by atoms with Gasteiger partial charge >= 0.3 is 0 Å². The van der Waals surface area contributed by atoms with Crippen LogP contribution in [0.3, 0.4) is 0 Å². The Morgan fingerprint density at radius 3 is 2.91 bits per heavy atom. The molecular formula is C9H7ClO. The van der Waals surface area contributed by atoms with Crippen LogP contribution in [0.25, 0.3) is 10.8 Å². The molecule has 0 amide bonds. The Morgan fingerprint density at radius 1 is 1.36 bits per heavy atom. The minimum Gasteiger partial charge on any atom is -0.468 e. The average molecular weight is 167 g/mol. The Bertz CT molecular complexity index is 389. The van der Waals surface area contributed by atoms with Crippen molar-refractivity contribution in [3.8, 4) is 0 Å². The number of rotatable bonds is 0. The third-order valence-electron chi connectivity index (χ3n) is 1.76. The van der Waals surface area contributed by atoms with Crippen molar-refractivity contribution in [1.82, 2.24) is 0 Å². The molecule has 56 valence electrons. The van der Waals surface area contributed by atoms with Gasteiger partial charge in [0.1, 0.15) is 5.76 Å². The first-order valence-corrected chi connectivity index (χ1v) is 3.79. The number of furan rings is 1. The summed E-state index contributed by atoms with van der Waals surface area (Å²) in [5.74, 6) is 0.880. The molecule has 1 aromatic carbocycles. The van der Waals surface area contributed by atoms with Gasteiger partial charge in [0, 0.05) is 10.8 Å². The maximum atomic E-state index is 5.94. The number of halogens is 1. The van der Waals surface area contributed by atoms with E-state index in [1.54, 1.807) is 6.26 Å². The van der Waals surface area contributed by atoms with Crippen LogP contribution in [0.2, 0.25) is 5.02 Å². The normalized spacial score (nSPS) is 10.7. The first-order chi connectivity index (χ1) is 5.29. The summed E-state index contributed by atoms with van der Waals surface area (Å²) in [4.78, 5) is 0. The van der Waals surface area contributed by atoms with Crippen LogP contribution in [-0.2, 0) is 0 Å². The molecule has 0 aliphatic heterocycles. The maximum Gasteiger partial charge on any atom is 0.110 e. The van der Waals surface area contributed by atoms with Gasteiger partial charge in [-0.05, 0) is 13.0 Å². The predicted octanol–water partition coefficient (Wildman–Crippen LogP) is 3.39. The Balaban J connectivity index is 2.96. The summed E-state index contributed by atoms with van der Waals surface area (Å²) in [6, 6.07) is 5.77. The quantitative estimate of drug-likeness (QED) is 0.585. The molecule has 0 saturated carbocycles. The zero-order valence-electron chi connectivity index (χ0n) is 6.10. The number of benzene rings is 1. The van der Waals surface area contributed by atoms with Crippen LogP contribution in [-0.4, -0.2) is 0 Å². The van der Waals surface area contributed by atoms with E-state index in [-0.39, 0.29) is 0 Å². The molecule has 0 N–H and O–H groups in total. The minimum absolute atomic E-state index is 0.758. The van der Waals surface area contributed by atoms with Crippen molar-refractivity contribution in [3.63, 3.8) is 0 Å².